The van der Waals surface area contributed by atoms with Crippen molar-refractivity contribution in [1.82, 2.24) is 0 Å². The zero-order valence-corrected chi connectivity index (χ0v) is 8.44. The molecule has 1 aromatic rings. The lowest BCUT2D eigenvalue weighted by atomic mass is 10.1. The van der Waals surface area contributed by atoms with Crippen LogP contribution in [0.4, 0.5) is 8.78 Å². The molecule has 0 saturated carbocycles. The second-order valence-corrected chi connectivity index (χ2v) is 3.47. The summed E-state index contributed by atoms with van der Waals surface area (Å²) in [7, 11) is 0. The van der Waals surface area contributed by atoms with Crippen molar-refractivity contribution in [3.8, 4) is 0 Å². The van der Waals surface area contributed by atoms with Crippen molar-refractivity contribution in [2.45, 2.75) is 6.42 Å². The largest absolute Gasteiger partial charge is 0.340 e. The summed E-state index contributed by atoms with van der Waals surface area (Å²) in [6.07, 6.45) is -0.974. The van der Waals surface area contributed by atoms with Crippen LogP contribution < -0.4 is 5.73 Å². The Kier molecular flexibility index (Phi) is 3.81. The van der Waals surface area contributed by atoms with Gasteiger partial charge in [-0.15, -0.1) is 0 Å². The fourth-order valence-electron chi connectivity index (χ4n) is 1.03. The van der Waals surface area contributed by atoms with Gasteiger partial charge in [-0.2, -0.15) is 8.78 Å². The summed E-state index contributed by atoms with van der Waals surface area (Å²) < 4.78 is 24.8. The molecule has 0 heterocycles. The van der Waals surface area contributed by atoms with Crippen molar-refractivity contribution in [1.29, 1.82) is 0 Å². The molecule has 0 saturated heterocycles. The van der Waals surface area contributed by atoms with Crippen molar-refractivity contribution < 1.29 is 8.78 Å². The summed E-state index contributed by atoms with van der Waals surface area (Å²) in [5.41, 5.74) is 6.24. The quantitative estimate of drug-likeness (QED) is 0.875. The second-order valence-electron chi connectivity index (χ2n) is 2.61. The van der Waals surface area contributed by atoms with Crippen LogP contribution in [-0.4, -0.2) is 6.54 Å². The molecule has 71 valence electrons. The van der Waals surface area contributed by atoms with Crippen LogP contribution in [0, 0.1) is 6.43 Å². The van der Waals surface area contributed by atoms with Crippen LogP contribution in [0.25, 0.3) is 0 Å². The lowest BCUT2D eigenvalue weighted by Gasteiger charge is -2.04. The Balaban J connectivity index is 2.92. The van der Waals surface area contributed by atoms with Crippen LogP contribution in [0.3, 0.4) is 0 Å². The van der Waals surface area contributed by atoms with Crippen LogP contribution in [0.5, 0.6) is 0 Å². The van der Waals surface area contributed by atoms with Crippen LogP contribution >= 0.6 is 15.9 Å². The van der Waals surface area contributed by atoms with Gasteiger partial charge in [0.25, 0.3) is 0 Å². The maximum Gasteiger partial charge on any atom is 0.340 e. The summed E-state index contributed by atoms with van der Waals surface area (Å²) in [6.45, 7) is 0.521. The molecule has 1 rings (SSSR count). The molecule has 0 amide bonds. The second kappa shape index (κ2) is 4.67. The lowest BCUT2D eigenvalue weighted by Crippen LogP contribution is -2.02. The molecule has 0 aliphatic carbocycles. The van der Waals surface area contributed by atoms with Crippen molar-refractivity contribution >= 4 is 15.9 Å². The fraction of sp³-hybridized carbons (Fsp3) is 0.222. The Morgan fingerprint density at radius 3 is 2.54 bits per heavy atom. The number of nitrogens with two attached hydrogens (primary N) is 1. The van der Waals surface area contributed by atoms with Gasteiger partial charge < -0.3 is 5.73 Å². The van der Waals surface area contributed by atoms with Gasteiger partial charge in [0.2, 0.25) is 0 Å². The van der Waals surface area contributed by atoms with Crippen molar-refractivity contribution in [3.05, 3.63) is 40.2 Å². The van der Waals surface area contributed by atoms with Crippen molar-refractivity contribution in [2.75, 3.05) is 6.54 Å². The van der Waals surface area contributed by atoms with Crippen molar-refractivity contribution in [2.24, 2.45) is 5.73 Å². The molecular weight excluding hydrogens is 240 g/mol. The van der Waals surface area contributed by atoms with Gasteiger partial charge in [-0.1, -0.05) is 28.1 Å². The molecule has 1 nitrogen and oxygen atoms in total. The van der Waals surface area contributed by atoms with Gasteiger partial charge in [0.15, 0.2) is 0 Å². The molecular formula is C9H9BrF2N. The normalized spacial score (nSPS) is 10.8. The molecule has 2 N–H and O–H groups in total. The van der Waals surface area contributed by atoms with Gasteiger partial charge in [0.1, 0.15) is 0 Å². The van der Waals surface area contributed by atoms with Gasteiger partial charge in [0, 0.05) is 10.0 Å². The topological polar surface area (TPSA) is 26.0 Å². The van der Waals surface area contributed by atoms with E-state index in [0.717, 1.165) is 5.56 Å². The first-order valence-electron chi connectivity index (χ1n) is 3.82. The molecule has 0 spiro atoms. The molecule has 4 heteroatoms. The molecule has 0 aromatic heterocycles. The van der Waals surface area contributed by atoms with E-state index in [2.05, 4.69) is 15.9 Å². The zero-order valence-electron chi connectivity index (χ0n) is 6.86. The van der Waals surface area contributed by atoms with Crippen LogP contribution in [0.2, 0.25) is 0 Å². The minimum Gasteiger partial charge on any atom is -0.330 e. The molecule has 1 radical (unpaired) electrons. The van der Waals surface area contributed by atoms with E-state index in [1.807, 2.05) is 0 Å². The van der Waals surface area contributed by atoms with E-state index >= 15 is 0 Å². The Morgan fingerprint density at radius 1 is 1.38 bits per heavy atom. The molecule has 0 atom stereocenters. The van der Waals surface area contributed by atoms with E-state index in [-0.39, 0.29) is 5.56 Å². The Labute approximate surface area is 84.1 Å². The van der Waals surface area contributed by atoms with E-state index in [4.69, 9.17) is 5.73 Å². The highest BCUT2D eigenvalue weighted by Gasteiger charge is 2.13. The van der Waals surface area contributed by atoms with Crippen LogP contribution in [0.15, 0.2) is 22.7 Å². The van der Waals surface area contributed by atoms with Crippen LogP contribution in [0.1, 0.15) is 11.1 Å². The monoisotopic (exact) mass is 248 g/mol. The summed E-state index contributed by atoms with van der Waals surface area (Å²) >= 11 is 3.08. The number of benzene rings is 1. The van der Waals surface area contributed by atoms with E-state index in [1.54, 1.807) is 12.1 Å². The smallest absolute Gasteiger partial charge is 0.330 e. The SMILES string of the molecule is NCCc1ccc([C](F)F)c(Br)c1. The summed E-state index contributed by atoms with van der Waals surface area (Å²) in [4.78, 5) is 0. The number of halogens is 3. The van der Waals surface area contributed by atoms with Gasteiger partial charge >= 0.3 is 6.43 Å². The van der Waals surface area contributed by atoms with E-state index in [1.165, 1.54) is 6.07 Å². The van der Waals surface area contributed by atoms with E-state index < -0.39 is 6.43 Å². The van der Waals surface area contributed by atoms with Crippen molar-refractivity contribution in [3.63, 3.8) is 0 Å². The van der Waals surface area contributed by atoms with Gasteiger partial charge in [0.05, 0.1) is 0 Å². The molecule has 0 fully saturated rings. The predicted octanol–water partition coefficient (Wildman–Crippen LogP) is 2.73. The highest BCUT2D eigenvalue weighted by molar-refractivity contribution is 9.10. The summed E-state index contributed by atoms with van der Waals surface area (Å²) in [5.74, 6) is 0. The molecule has 0 aliphatic rings. The Morgan fingerprint density at radius 2 is 2.08 bits per heavy atom. The summed E-state index contributed by atoms with van der Waals surface area (Å²) in [6, 6.07) is 4.72. The first kappa shape index (κ1) is 10.6. The highest BCUT2D eigenvalue weighted by Crippen LogP contribution is 2.27. The molecule has 0 aliphatic heterocycles. The maximum absolute atomic E-state index is 12.2. The lowest BCUT2D eigenvalue weighted by molar-refractivity contribution is 0.324. The zero-order chi connectivity index (χ0) is 9.84. The fourth-order valence-corrected chi connectivity index (χ4v) is 1.61. The van der Waals surface area contributed by atoms with Gasteiger partial charge in [-0.05, 0) is 24.6 Å². The Hall–Kier alpha value is -0.480. The molecule has 0 unspecified atom stereocenters. The van der Waals surface area contributed by atoms with E-state index in [0.29, 0.717) is 17.4 Å². The molecule has 1 aromatic carbocycles. The minimum absolute atomic E-state index is 0.0548. The third-order valence-corrected chi connectivity index (χ3v) is 2.33. The first-order valence-corrected chi connectivity index (χ1v) is 4.61. The van der Waals surface area contributed by atoms with E-state index in [9.17, 15) is 8.78 Å². The number of hydrogen-bond acceptors (Lipinski definition) is 1. The number of rotatable bonds is 3. The average molecular weight is 249 g/mol. The average Bonchev–Trinajstić information content (AvgIpc) is 2.04. The highest BCUT2D eigenvalue weighted by atomic mass is 79.9. The van der Waals surface area contributed by atoms with Gasteiger partial charge in [-0.3, -0.25) is 0 Å². The standard InChI is InChI=1S/C9H9BrF2N/c10-8-5-6(3-4-13)1-2-7(8)9(11)12/h1-2,5H,3-4,13H2. The number of hydrogen-bond donors (Lipinski definition) is 1. The van der Waals surface area contributed by atoms with Gasteiger partial charge in [-0.25, -0.2) is 0 Å². The molecule has 0 bridgehead atoms. The van der Waals surface area contributed by atoms with Crippen LogP contribution in [-0.2, 0) is 6.42 Å². The summed E-state index contributed by atoms with van der Waals surface area (Å²) in [5, 5.41) is 0. The maximum atomic E-state index is 12.2. The minimum atomic E-state index is -1.67. The predicted molar refractivity (Wildman–Crippen MR) is 51.5 cm³/mol. The molecule has 13 heavy (non-hydrogen) atoms. The third kappa shape index (κ3) is 2.74. The Bertz CT molecular complexity index is 289. The first-order chi connectivity index (χ1) is 6.15. The third-order valence-electron chi connectivity index (χ3n) is 1.67.